The van der Waals surface area contributed by atoms with E-state index in [4.69, 9.17) is 5.11 Å². The summed E-state index contributed by atoms with van der Waals surface area (Å²) in [5, 5.41) is 8.84. The normalized spacial score (nSPS) is 23.7. The molecular formula is C17H24O2. The van der Waals surface area contributed by atoms with Gasteiger partial charge in [0.2, 0.25) is 0 Å². The Hall–Kier alpha value is -1.31. The van der Waals surface area contributed by atoms with Crippen molar-refractivity contribution in [3.63, 3.8) is 0 Å². The highest BCUT2D eigenvalue weighted by molar-refractivity contribution is 5.66. The lowest BCUT2D eigenvalue weighted by molar-refractivity contribution is -0.137. The molecular weight excluding hydrogens is 236 g/mol. The van der Waals surface area contributed by atoms with Crippen LogP contribution in [-0.4, -0.2) is 11.1 Å². The Kier molecular flexibility index (Phi) is 4.28. The molecule has 1 N–H and O–H groups in total. The minimum atomic E-state index is -0.680. The highest BCUT2D eigenvalue weighted by atomic mass is 16.4. The molecule has 2 nitrogen and oxygen atoms in total. The van der Waals surface area contributed by atoms with Gasteiger partial charge in [-0.25, -0.2) is 0 Å². The molecule has 0 saturated carbocycles. The van der Waals surface area contributed by atoms with Crippen LogP contribution in [0.5, 0.6) is 0 Å². The Morgan fingerprint density at radius 1 is 1.37 bits per heavy atom. The summed E-state index contributed by atoms with van der Waals surface area (Å²) in [6, 6.07) is 6.78. The smallest absolute Gasteiger partial charge is 0.303 e. The SMILES string of the molecule is Cc1ccc2c(c1)C(C(C)CCC(=O)O)CCC2C. The molecule has 2 rings (SSSR count). The van der Waals surface area contributed by atoms with E-state index < -0.39 is 5.97 Å². The second-order valence-electron chi connectivity index (χ2n) is 6.13. The van der Waals surface area contributed by atoms with Gasteiger partial charge in [-0.15, -0.1) is 0 Å². The van der Waals surface area contributed by atoms with Crippen molar-refractivity contribution < 1.29 is 9.90 Å². The Balaban J connectivity index is 2.22. The number of aryl methyl sites for hydroxylation is 1. The third-order valence-electron chi connectivity index (χ3n) is 4.58. The molecule has 1 aliphatic rings. The van der Waals surface area contributed by atoms with E-state index in [-0.39, 0.29) is 6.42 Å². The monoisotopic (exact) mass is 260 g/mol. The number of carbonyl (C=O) groups is 1. The Bertz CT molecular complexity index is 464. The van der Waals surface area contributed by atoms with Gasteiger partial charge in [0.1, 0.15) is 0 Å². The number of carboxylic acid groups (broad SMARTS) is 1. The van der Waals surface area contributed by atoms with Crippen LogP contribution in [0.3, 0.4) is 0 Å². The highest BCUT2D eigenvalue weighted by Crippen LogP contribution is 2.43. The minimum absolute atomic E-state index is 0.286. The maximum Gasteiger partial charge on any atom is 0.303 e. The van der Waals surface area contributed by atoms with E-state index in [1.54, 1.807) is 0 Å². The molecule has 0 bridgehead atoms. The maximum absolute atomic E-state index is 10.7. The molecule has 0 amide bonds. The van der Waals surface area contributed by atoms with Crippen molar-refractivity contribution in [3.8, 4) is 0 Å². The van der Waals surface area contributed by atoms with Crippen molar-refractivity contribution in [2.45, 2.75) is 58.3 Å². The summed E-state index contributed by atoms with van der Waals surface area (Å²) in [5.74, 6) is 0.939. The van der Waals surface area contributed by atoms with Crippen LogP contribution < -0.4 is 0 Å². The lowest BCUT2D eigenvalue weighted by Crippen LogP contribution is -2.19. The topological polar surface area (TPSA) is 37.3 Å². The Morgan fingerprint density at radius 3 is 2.79 bits per heavy atom. The van der Waals surface area contributed by atoms with Gasteiger partial charge in [-0.1, -0.05) is 37.6 Å². The standard InChI is InChI=1S/C17H24O2/c1-11-4-7-14-12(2)5-8-15(16(14)10-11)13(3)6-9-17(18)19/h4,7,10,12-13,15H,5-6,8-9H2,1-3H3,(H,18,19). The molecule has 19 heavy (non-hydrogen) atoms. The molecule has 3 atom stereocenters. The van der Waals surface area contributed by atoms with Crippen LogP contribution in [0, 0.1) is 12.8 Å². The first-order valence-electron chi connectivity index (χ1n) is 7.31. The molecule has 0 fully saturated rings. The van der Waals surface area contributed by atoms with Crippen LogP contribution in [0.1, 0.15) is 68.1 Å². The lowest BCUT2D eigenvalue weighted by atomic mass is 9.71. The Labute approximate surface area is 115 Å². The average Bonchev–Trinajstić information content (AvgIpc) is 2.36. The maximum atomic E-state index is 10.7. The lowest BCUT2D eigenvalue weighted by Gasteiger charge is -2.34. The number of hydrogen-bond acceptors (Lipinski definition) is 1. The van der Waals surface area contributed by atoms with Gasteiger partial charge < -0.3 is 5.11 Å². The molecule has 0 aliphatic heterocycles. The number of aliphatic carboxylic acids is 1. The van der Waals surface area contributed by atoms with Gasteiger partial charge in [-0.05, 0) is 55.1 Å². The summed E-state index contributed by atoms with van der Waals surface area (Å²) in [6.45, 7) is 6.64. The van der Waals surface area contributed by atoms with E-state index in [0.717, 1.165) is 6.42 Å². The van der Waals surface area contributed by atoms with E-state index in [1.165, 1.54) is 29.5 Å². The van der Waals surface area contributed by atoms with Crippen molar-refractivity contribution in [1.82, 2.24) is 0 Å². The number of fused-ring (bicyclic) bond motifs is 1. The third-order valence-corrected chi connectivity index (χ3v) is 4.58. The Morgan fingerprint density at radius 2 is 2.11 bits per heavy atom. The quantitative estimate of drug-likeness (QED) is 0.866. The average molecular weight is 260 g/mol. The first kappa shape index (κ1) is 14.1. The first-order valence-corrected chi connectivity index (χ1v) is 7.31. The van der Waals surface area contributed by atoms with Crippen molar-refractivity contribution >= 4 is 5.97 Å². The van der Waals surface area contributed by atoms with E-state index in [0.29, 0.717) is 17.8 Å². The molecule has 0 radical (unpaired) electrons. The minimum Gasteiger partial charge on any atom is -0.481 e. The fourth-order valence-corrected chi connectivity index (χ4v) is 3.35. The zero-order valence-corrected chi connectivity index (χ0v) is 12.1. The van der Waals surface area contributed by atoms with Crippen LogP contribution in [0.25, 0.3) is 0 Å². The van der Waals surface area contributed by atoms with Gasteiger partial charge in [0.15, 0.2) is 0 Å². The predicted octanol–water partition coefficient (Wildman–Crippen LogP) is 4.48. The molecule has 0 saturated heterocycles. The van der Waals surface area contributed by atoms with E-state index in [2.05, 4.69) is 39.0 Å². The van der Waals surface area contributed by atoms with Crippen molar-refractivity contribution in [2.75, 3.05) is 0 Å². The van der Waals surface area contributed by atoms with Crippen LogP contribution in [0.4, 0.5) is 0 Å². The summed E-state index contributed by atoms with van der Waals surface area (Å²) >= 11 is 0. The van der Waals surface area contributed by atoms with Gasteiger partial charge in [-0.2, -0.15) is 0 Å². The number of benzene rings is 1. The zero-order chi connectivity index (χ0) is 14.0. The van der Waals surface area contributed by atoms with E-state index in [9.17, 15) is 4.79 Å². The van der Waals surface area contributed by atoms with Gasteiger partial charge >= 0.3 is 5.97 Å². The highest BCUT2D eigenvalue weighted by Gasteiger charge is 2.28. The largest absolute Gasteiger partial charge is 0.481 e. The van der Waals surface area contributed by atoms with Crippen LogP contribution in [0.15, 0.2) is 18.2 Å². The van der Waals surface area contributed by atoms with Crippen molar-refractivity contribution in [2.24, 2.45) is 5.92 Å². The van der Waals surface area contributed by atoms with Gasteiger partial charge in [0, 0.05) is 6.42 Å². The summed E-state index contributed by atoms with van der Waals surface area (Å²) in [7, 11) is 0. The van der Waals surface area contributed by atoms with Gasteiger partial charge in [0.25, 0.3) is 0 Å². The zero-order valence-electron chi connectivity index (χ0n) is 12.1. The molecule has 0 spiro atoms. The molecule has 1 aromatic rings. The van der Waals surface area contributed by atoms with E-state index in [1.807, 2.05) is 0 Å². The molecule has 2 heteroatoms. The second kappa shape index (κ2) is 5.77. The van der Waals surface area contributed by atoms with Crippen molar-refractivity contribution in [1.29, 1.82) is 0 Å². The van der Waals surface area contributed by atoms with Crippen LogP contribution >= 0.6 is 0 Å². The fraction of sp³-hybridized carbons (Fsp3) is 0.588. The molecule has 1 aliphatic carbocycles. The fourth-order valence-electron chi connectivity index (χ4n) is 3.35. The first-order chi connectivity index (χ1) is 8.99. The second-order valence-corrected chi connectivity index (χ2v) is 6.13. The molecule has 0 heterocycles. The van der Waals surface area contributed by atoms with Gasteiger partial charge in [0.05, 0.1) is 0 Å². The van der Waals surface area contributed by atoms with Crippen LogP contribution in [0.2, 0.25) is 0 Å². The summed E-state index contributed by atoms with van der Waals surface area (Å²) < 4.78 is 0. The molecule has 104 valence electrons. The van der Waals surface area contributed by atoms with Gasteiger partial charge in [-0.3, -0.25) is 4.79 Å². The number of carboxylic acids is 1. The molecule has 1 aromatic carbocycles. The third kappa shape index (κ3) is 3.17. The summed E-state index contributed by atoms with van der Waals surface area (Å²) in [6.07, 6.45) is 3.48. The summed E-state index contributed by atoms with van der Waals surface area (Å²) in [5.41, 5.74) is 4.25. The molecule has 0 aromatic heterocycles. The molecule has 3 unspecified atom stereocenters. The van der Waals surface area contributed by atoms with E-state index >= 15 is 0 Å². The van der Waals surface area contributed by atoms with Crippen LogP contribution in [-0.2, 0) is 4.79 Å². The summed E-state index contributed by atoms with van der Waals surface area (Å²) in [4.78, 5) is 10.7. The number of hydrogen-bond donors (Lipinski definition) is 1. The number of rotatable bonds is 4. The van der Waals surface area contributed by atoms with Crippen molar-refractivity contribution in [3.05, 3.63) is 34.9 Å². The predicted molar refractivity (Wildman–Crippen MR) is 77.6 cm³/mol.